The van der Waals surface area contributed by atoms with Crippen LogP contribution < -0.4 is 10.1 Å². The first-order chi connectivity index (χ1) is 15.9. The Kier molecular flexibility index (Phi) is 7.05. The zero-order valence-electron chi connectivity index (χ0n) is 18.6. The highest BCUT2D eigenvalue weighted by atomic mass is 79.9. The Morgan fingerprint density at radius 1 is 1.15 bits per heavy atom. The van der Waals surface area contributed by atoms with Crippen molar-refractivity contribution in [2.75, 3.05) is 11.9 Å². The summed E-state index contributed by atoms with van der Waals surface area (Å²) in [4.78, 5) is 17.5. The number of fused-ring (bicyclic) bond motifs is 1. The van der Waals surface area contributed by atoms with Crippen molar-refractivity contribution >= 4 is 50.2 Å². The van der Waals surface area contributed by atoms with Gasteiger partial charge in [-0.3, -0.25) is 4.79 Å². The average Bonchev–Trinajstić information content (AvgIpc) is 3.24. The van der Waals surface area contributed by atoms with Crippen LogP contribution in [0.4, 0.5) is 5.69 Å². The maximum atomic E-state index is 12.8. The summed E-state index contributed by atoms with van der Waals surface area (Å²) in [6.07, 6.45) is 1.06. The lowest BCUT2D eigenvalue weighted by Gasteiger charge is -2.10. The van der Waals surface area contributed by atoms with Crippen molar-refractivity contribution in [3.63, 3.8) is 0 Å². The average molecular weight is 528 g/mol. The Morgan fingerprint density at radius 3 is 2.70 bits per heavy atom. The second-order valence-electron chi connectivity index (χ2n) is 7.78. The number of benzene rings is 3. The molecule has 0 radical (unpaired) electrons. The summed E-state index contributed by atoms with van der Waals surface area (Å²) in [5, 5.41) is 3.30. The van der Waals surface area contributed by atoms with Gasteiger partial charge in [-0.25, -0.2) is 4.98 Å². The molecule has 1 aromatic heterocycles. The summed E-state index contributed by atoms with van der Waals surface area (Å²) in [7, 11) is 0. The quantitative estimate of drug-likeness (QED) is 0.264. The molecule has 1 atom stereocenters. The molecule has 0 unspecified atom stereocenters. The van der Waals surface area contributed by atoms with Gasteiger partial charge in [0.15, 0.2) is 5.58 Å². The molecule has 0 aliphatic heterocycles. The van der Waals surface area contributed by atoms with Crippen molar-refractivity contribution in [1.82, 2.24) is 4.98 Å². The van der Waals surface area contributed by atoms with E-state index in [9.17, 15) is 4.79 Å². The van der Waals surface area contributed by atoms with E-state index in [4.69, 9.17) is 20.8 Å². The topological polar surface area (TPSA) is 64.4 Å². The summed E-state index contributed by atoms with van der Waals surface area (Å²) in [5.41, 5.74) is 4.44. The molecule has 4 aromatic rings. The van der Waals surface area contributed by atoms with Crippen molar-refractivity contribution in [3.05, 3.63) is 75.2 Å². The maximum Gasteiger partial charge on any atom is 0.255 e. The van der Waals surface area contributed by atoms with Crippen molar-refractivity contribution in [3.8, 4) is 17.2 Å². The van der Waals surface area contributed by atoms with Gasteiger partial charge in [0.2, 0.25) is 5.89 Å². The number of halogens is 2. The highest BCUT2D eigenvalue weighted by Gasteiger charge is 2.15. The van der Waals surface area contributed by atoms with Crippen LogP contribution in [0.1, 0.15) is 49.0 Å². The van der Waals surface area contributed by atoms with Crippen LogP contribution in [0.25, 0.3) is 22.6 Å². The molecular formula is C26H24BrClN2O3. The number of anilines is 1. The van der Waals surface area contributed by atoms with E-state index < -0.39 is 0 Å². The number of carbonyl (C=O) groups is 1. The summed E-state index contributed by atoms with van der Waals surface area (Å²) in [6.45, 7) is 6.81. The third kappa shape index (κ3) is 5.07. The minimum absolute atomic E-state index is 0.284. The Morgan fingerprint density at radius 2 is 1.97 bits per heavy atom. The Balaban J connectivity index is 1.60. The van der Waals surface area contributed by atoms with Gasteiger partial charge in [0.1, 0.15) is 11.3 Å². The van der Waals surface area contributed by atoms with Crippen LogP contribution in [0.2, 0.25) is 5.02 Å². The smallest absolute Gasteiger partial charge is 0.255 e. The van der Waals surface area contributed by atoms with E-state index in [0.717, 1.165) is 23.1 Å². The fraction of sp³-hybridized carbons (Fsp3) is 0.231. The molecule has 0 aliphatic carbocycles. The van der Waals surface area contributed by atoms with Gasteiger partial charge in [-0.2, -0.15) is 0 Å². The molecular weight excluding hydrogens is 504 g/mol. The number of hydrogen-bond acceptors (Lipinski definition) is 4. The van der Waals surface area contributed by atoms with Crippen molar-refractivity contribution in [2.45, 2.75) is 33.1 Å². The lowest BCUT2D eigenvalue weighted by atomic mass is 9.98. The number of carbonyl (C=O) groups excluding carboxylic acids is 1. The number of nitrogens with one attached hydrogen (secondary N) is 1. The fourth-order valence-electron chi connectivity index (χ4n) is 3.47. The standard InChI is InChI=1S/C26H24BrClN2O3/c1-4-15(3)16-7-11-24-22(13-16)30-26(33-24)18-6-9-20(28)21(14-18)29-25(31)17-8-10-23(32-5-2)19(27)12-17/h6-15H,4-5H2,1-3H3,(H,29,31)/t15-/m1/s1. The molecule has 3 aromatic carbocycles. The predicted octanol–water partition coefficient (Wildman–Crippen LogP) is 8.08. The minimum atomic E-state index is -0.284. The van der Waals surface area contributed by atoms with E-state index in [-0.39, 0.29) is 5.91 Å². The monoisotopic (exact) mass is 526 g/mol. The van der Waals surface area contributed by atoms with Crippen LogP contribution in [-0.4, -0.2) is 17.5 Å². The molecule has 0 spiro atoms. The van der Waals surface area contributed by atoms with E-state index in [0.29, 0.717) is 44.9 Å². The number of rotatable bonds is 7. The largest absolute Gasteiger partial charge is 0.493 e. The molecule has 1 heterocycles. The van der Waals surface area contributed by atoms with Gasteiger partial charge < -0.3 is 14.5 Å². The van der Waals surface area contributed by atoms with Gasteiger partial charge in [0.05, 0.1) is 21.8 Å². The molecule has 0 fully saturated rings. The number of nitrogens with zero attached hydrogens (tertiary/aromatic N) is 1. The van der Waals surface area contributed by atoms with Crippen LogP contribution in [0.3, 0.4) is 0 Å². The summed E-state index contributed by atoms with van der Waals surface area (Å²) in [6, 6.07) is 16.6. The zero-order valence-corrected chi connectivity index (χ0v) is 21.0. The lowest BCUT2D eigenvalue weighted by Crippen LogP contribution is -2.12. The number of amides is 1. The van der Waals surface area contributed by atoms with Gasteiger partial charge >= 0.3 is 0 Å². The number of aromatic nitrogens is 1. The molecule has 0 aliphatic rings. The SMILES string of the molecule is CCOc1ccc(C(=O)Nc2cc(-c3nc4cc([C@H](C)CC)ccc4o3)ccc2Cl)cc1Br. The summed E-state index contributed by atoms with van der Waals surface area (Å²) in [5.74, 6) is 1.33. The first-order valence-electron chi connectivity index (χ1n) is 10.8. The van der Waals surface area contributed by atoms with Gasteiger partial charge in [-0.05, 0) is 89.3 Å². The second-order valence-corrected chi connectivity index (χ2v) is 9.04. The fourth-order valence-corrected chi connectivity index (χ4v) is 4.13. The molecule has 4 rings (SSSR count). The van der Waals surface area contributed by atoms with Crippen LogP contribution >= 0.6 is 27.5 Å². The van der Waals surface area contributed by atoms with Crippen LogP contribution in [0, 0.1) is 0 Å². The normalized spacial score (nSPS) is 12.0. The van der Waals surface area contributed by atoms with Gasteiger partial charge in [0.25, 0.3) is 5.91 Å². The predicted molar refractivity (Wildman–Crippen MR) is 136 cm³/mol. The third-order valence-electron chi connectivity index (χ3n) is 5.55. The minimum Gasteiger partial charge on any atom is -0.493 e. The zero-order chi connectivity index (χ0) is 23.5. The molecule has 7 heteroatoms. The third-order valence-corrected chi connectivity index (χ3v) is 6.50. The number of hydrogen-bond donors (Lipinski definition) is 1. The summed E-state index contributed by atoms with van der Waals surface area (Å²) < 4.78 is 12.2. The van der Waals surface area contributed by atoms with E-state index >= 15 is 0 Å². The molecule has 33 heavy (non-hydrogen) atoms. The molecule has 170 valence electrons. The Hall–Kier alpha value is -2.83. The molecule has 5 nitrogen and oxygen atoms in total. The molecule has 1 N–H and O–H groups in total. The van der Waals surface area contributed by atoms with Gasteiger partial charge in [-0.1, -0.05) is 31.5 Å². The second kappa shape index (κ2) is 9.98. The first kappa shape index (κ1) is 23.3. The van der Waals surface area contributed by atoms with Crippen LogP contribution in [0.5, 0.6) is 5.75 Å². The van der Waals surface area contributed by atoms with E-state index in [2.05, 4.69) is 52.2 Å². The van der Waals surface area contributed by atoms with Gasteiger partial charge in [-0.15, -0.1) is 0 Å². The number of oxazole rings is 1. The maximum absolute atomic E-state index is 12.8. The van der Waals surface area contributed by atoms with E-state index in [1.807, 2.05) is 19.1 Å². The Labute approximate surface area is 206 Å². The lowest BCUT2D eigenvalue weighted by molar-refractivity contribution is 0.102. The van der Waals surface area contributed by atoms with Crippen LogP contribution in [-0.2, 0) is 0 Å². The van der Waals surface area contributed by atoms with Crippen molar-refractivity contribution in [1.29, 1.82) is 0 Å². The molecule has 1 amide bonds. The molecule has 0 saturated carbocycles. The number of ether oxygens (including phenoxy) is 1. The molecule has 0 bridgehead atoms. The van der Waals surface area contributed by atoms with Crippen molar-refractivity contribution in [2.24, 2.45) is 0 Å². The highest BCUT2D eigenvalue weighted by molar-refractivity contribution is 9.10. The molecule has 0 saturated heterocycles. The summed E-state index contributed by atoms with van der Waals surface area (Å²) >= 11 is 9.81. The van der Waals surface area contributed by atoms with E-state index in [1.54, 1.807) is 30.3 Å². The van der Waals surface area contributed by atoms with E-state index in [1.165, 1.54) is 5.56 Å². The first-order valence-corrected chi connectivity index (χ1v) is 12.0. The van der Waals surface area contributed by atoms with Crippen molar-refractivity contribution < 1.29 is 13.9 Å². The highest BCUT2D eigenvalue weighted by Crippen LogP contribution is 2.32. The van der Waals surface area contributed by atoms with Crippen LogP contribution in [0.15, 0.2) is 63.5 Å². The Bertz CT molecular complexity index is 1320. The van der Waals surface area contributed by atoms with Gasteiger partial charge in [0, 0.05) is 11.1 Å².